The molecular weight excluding hydrogens is 258 g/mol. The molecule has 114 valence electrons. The molecular formula is C18H27N3. The van der Waals surface area contributed by atoms with Gasteiger partial charge in [-0.3, -0.25) is 4.99 Å². The summed E-state index contributed by atoms with van der Waals surface area (Å²) in [5.41, 5.74) is 8.08. The SMILES string of the molecule is CCc1c[nH]c(C=NCc2[nH]cc(CC)c2CC)c1CC. The lowest BCUT2D eigenvalue weighted by Crippen LogP contribution is -1.94. The van der Waals surface area contributed by atoms with Crippen molar-refractivity contribution in [3.8, 4) is 0 Å². The minimum Gasteiger partial charge on any atom is -0.363 e. The zero-order valence-corrected chi connectivity index (χ0v) is 13.7. The van der Waals surface area contributed by atoms with E-state index in [2.05, 4.69) is 55.0 Å². The molecule has 0 saturated heterocycles. The first kappa shape index (κ1) is 15.6. The molecule has 2 heterocycles. The quantitative estimate of drug-likeness (QED) is 0.716. The molecule has 2 rings (SSSR count). The van der Waals surface area contributed by atoms with E-state index in [1.807, 2.05) is 6.21 Å². The van der Waals surface area contributed by atoms with Gasteiger partial charge in [0.15, 0.2) is 0 Å². The monoisotopic (exact) mass is 285 g/mol. The molecule has 0 spiro atoms. The van der Waals surface area contributed by atoms with Crippen LogP contribution in [-0.2, 0) is 32.2 Å². The number of aryl methyl sites for hydroxylation is 2. The van der Waals surface area contributed by atoms with Gasteiger partial charge in [0.2, 0.25) is 0 Å². The Morgan fingerprint density at radius 2 is 1.48 bits per heavy atom. The van der Waals surface area contributed by atoms with Crippen molar-refractivity contribution < 1.29 is 0 Å². The predicted molar refractivity (Wildman–Crippen MR) is 90.4 cm³/mol. The second-order valence-electron chi connectivity index (χ2n) is 5.36. The molecule has 0 bridgehead atoms. The van der Waals surface area contributed by atoms with E-state index in [0.717, 1.165) is 37.9 Å². The van der Waals surface area contributed by atoms with Gasteiger partial charge in [0, 0.05) is 24.3 Å². The summed E-state index contributed by atoms with van der Waals surface area (Å²) in [5, 5.41) is 0. The van der Waals surface area contributed by atoms with Gasteiger partial charge in [-0.1, -0.05) is 27.7 Å². The molecule has 0 aromatic carbocycles. The Kier molecular flexibility index (Phi) is 5.43. The number of aromatic amines is 2. The Balaban J connectivity index is 2.12. The van der Waals surface area contributed by atoms with E-state index in [-0.39, 0.29) is 0 Å². The van der Waals surface area contributed by atoms with E-state index in [9.17, 15) is 0 Å². The normalized spacial score (nSPS) is 11.6. The molecule has 0 radical (unpaired) electrons. The first-order valence-electron chi connectivity index (χ1n) is 8.11. The van der Waals surface area contributed by atoms with Crippen LogP contribution in [0.3, 0.4) is 0 Å². The van der Waals surface area contributed by atoms with Gasteiger partial charge in [-0.2, -0.15) is 0 Å². The summed E-state index contributed by atoms with van der Waals surface area (Å²) >= 11 is 0. The number of rotatable bonds is 7. The molecule has 0 fully saturated rings. The van der Waals surface area contributed by atoms with Crippen LogP contribution in [0, 0.1) is 0 Å². The van der Waals surface area contributed by atoms with Crippen molar-refractivity contribution in [1.29, 1.82) is 0 Å². The summed E-state index contributed by atoms with van der Waals surface area (Å²) in [7, 11) is 0. The Bertz CT molecular complexity index is 602. The van der Waals surface area contributed by atoms with E-state index in [1.165, 1.54) is 27.9 Å². The molecule has 0 unspecified atom stereocenters. The van der Waals surface area contributed by atoms with E-state index in [4.69, 9.17) is 0 Å². The molecule has 2 aromatic rings. The van der Waals surface area contributed by atoms with Crippen LogP contribution in [0.5, 0.6) is 0 Å². The fraction of sp³-hybridized carbons (Fsp3) is 0.500. The van der Waals surface area contributed by atoms with Gasteiger partial charge < -0.3 is 9.97 Å². The lowest BCUT2D eigenvalue weighted by atomic mass is 10.1. The molecule has 2 aromatic heterocycles. The van der Waals surface area contributed by atoms with Crippen LogP contribution < -0.4 is 0 Å². The zero-order valence-electron chi connectivity index (χ0n) is 13.7. The zero-order chi connectivity index (χ0) is 15.2. The highest BCUT2D eigenvalue weighted by atomic mass is 14.8. The second-order valence-corrected chi connectivity index (χ2v) is 5.36. The maximum absolute atomic E-state index is 4.64. The third kappa shape index (κ3) is 3.29. The van der Waals surface area contributed by atoms with E-state index in [1.54, 1.807) is 0 Å². The summed E-state index contributed by atoms with van der Waals surface area (Å²) in [6.07, 6.45) is 10.5. The van der Waals surface area contributed by atoms with Crippen LogP contribution in [0.2, 0.25) is 0 Å². The number of nitrogens with one attached hydrogen (secondary N) is 2. The van der Waals surface area contributed by atoms with Crippen LogP contribution in [0.1, 0.15) is 61.3 Å². The van der Waals surface area contributed by atoms with Crippen molar-refractivity contribution in [1.82, 2.24) is 9.97 Å². The van der Waals surface area contributed by atoms with E-state index < -0.39 is 0 Å². The highest BCUT2D eigenvalue weighted by molar-refractivity contribution is 5.80. The number of hydrogen-bond donors (Lipinski definition) is 2. The number of H-pyrrole nitrogens is 2. The number of hydrogen-bond acceptors (Lipinski definition) is 1. The van der Waals surface area contributed by atoms with E-state index in [0.29, 0.717) is 0 Å². The van der Waals surface area contributed by atoms with Crippen LogP contribution >= 0.6 is 0 Å². The summed E-state index contributed by atoms with van der Waals surface area (Å²) in [5.74, 6) is 0. The van der Waals surface area contributed by atoms with Gasteiger partial charge in [-0.15, -0.1) is 0 Å². The molecule has 0 aliphatic rings. The van der Waals surface area contributed by atoms with Gasteiger partial charge >= 0.3 is 0 Å². The fourth-order valence-corrected chi connectivity index (χ4v) is 3.03. The minimum absolute atomic E-state index is 0.729. The van der Waals surface area contributed by atoms with Gasteiger partial charge in [0.25, 0.3) is 0 Å². The molecule has 0 aliphatic heterocycles. The molecule has 2 N–H and O–H groups in total. The predicted octanol–water partition coefficient (Wildman–Crippen LogP) is 4.21. The Morgan fingerprint density at radius 3 is 2.10 bits per heavy atom. The molecule has 0 amide bonds. The Labute approximate surface area is 127 Å². The van der Waals surface area contributed by atoms with Gasteiger partial charge in [-0.05, 0) is 47.9 Å². The van der Waals surface area contributed by atoms with Crippen molar-refractivity contribution in [2.75, 3.05) is 0 Å². The minimum atomic E-state index is 0.729. The first-order valence-corrected chi connectivity index (χ1v) is 8.11. The second kappa shape index (κ2) is 7.30. The number of aromatic nitrogens is 2. The lowest BCUT2D eigenvalue weighted by Gasteiger charge is -2.02. The van der Waals surface area contributed by atoms with Crippen molar-refractivity contribution in [2.45, 2.75) is 59.9 Å². The summed E-state index contributed by atoms with van der Waals surface area (Å²) in [6.45, 7) is 9.54. The molecule has 0 saturated carbocycles. The van der Waals surface area contributed by atoms with Crippen molar-refractivity contribution in [2.24, 2.45) is 4.99 Å². The van der Waals surface area contributed by atoms with Crippen molar-refractivity contribution in [3.05, 3.63) is 46.0 Å². The van der Waals surface area contributed by atoms with Crippen LogP contribution in [-0.4, -0.2) is 16.2 Å². The average molecular weight is 285 g/mol. The van der Waals surface area contributed by atoms with Gasteiger partial charge in [0.05, 0.1) is 12.2 Å². The number of aliphatic imine (C=N–C) groups is 1. The Hall–Kier alpha value is -1.77. The summed E-state index contributed by atoms with van der Waals surface area (Å²) < 4.78 is 0. The topological polar surface area (TPSA) is 43.9 Å². The number of nitrogens with zero attached hydrogens (tertiary/aromatic N) is 1. The van der Waals surface area contributed by atoms with Gasteiger partial charge in [-0.25, -0.2) is 0 Å². The van der Waals surface area contributed by atoms with Crippen molar-refractivity contribution in [3.63, 3.8) is 0 Å². The smallest absolute Gasteiger partial charge is 0.0793 e. The third-order valence-electron chi connectivity index (χ3n) is 4.23. The fourth-order valence-electron chi connectivity index (χ4n) is 3.03. The average Bonchev–Trinajstić information content (AvgIpc) is 3.09. The lowest BCUT2D eigenvalue weighted by molar-refractivity contribution is 0.959. The maximum atomic E-state index is 4.64. The Morgan fingerprint density at radius 1 is 0.857 bits per heavy atom. The molecule has 0 atom stereocenters. The van der Waals surface area contributed by atoms with Crippen molar-refractivity contribution >= 4 is 6.21 Å². The molecule has 3 heteroatoms. The molecule has 0 aliphatic carbocycles. The summed E-state index contributed by atoms with van der Waals surface area (Å²) in [4.78, 5) is 11.4. The largest absolute Gasteiger partial charge is 0.363 e. The highest BCUT2D eigenvalue weighted by Gasteiger charge is 2.08. The van der Waals surface area contributed by atoms with E-state index >= 15 is 0 Å². The molecule has 21 heavy (non-hydrogen) atoms. The standard InChI is InChI=1S/C18H27N3/c1-5-13-9-20-17(15(13)7-3)11-19-12-18-16(8-4)14(6-2)10-21-18/h9-11,20-21H,5-8,12H2,1-4H3. The summed E-state index contributed by atoms with van der Waals surface area (Å²) in [6, 6.07) is 0. The third-order valence-corrected chi connectivity index (χ3v) is 4.23. The van der Waals surface area contributed by atoms with Gasteiger partial charge in [0.1, 0.15) is 0 Å². The first-order chi connectivity index (χ1) is 10.2. The molecule has 3 nitrogen and oxygen atoms in total. The van der Waals surface area contributed by atoms with Crippen LogP contribution in [0.15, 0.2) is 17.4 Å². The highest BCUT2D eigenvalue weighted by Crippen LogP contribution is 2.17. The maximum Gasteiger partial charge on any atom is 0.0793 e. The van der Waals surface area contributed by atoms with Crippen LogP contribution in [0.4, 0.5) is 0 Å². The van der Waals surface area contributed by atoms with Crippen LogP contribution in [0.25, 0.3) is 0 Å².